The smallest absolute Gasteiger partial charge is 0.308 e. The van der Waals surface area contributed by atoms with E-state index >= 15 is 0 Å². The maximum absolute atomic E-state index is 12.9. The molecule has 0 saturated heterocycles. The van der Waals surface area contributed by atoms with Crippen LogP contribution in [0.1, 0.15) is 58.9 Å². The Balaban J connectivity index is 1.28. The minimum absolute atomic E-state index is 0.0716. The minimum Gasteiger partial charge on any atom is -0.490 e. The van der Waals surface area contributed by atoms with Gasteiger partial charge in [-0.05, 0) is 35.0 Å². The van der Waals surface area contributed by atoms with Gasteiger partial charge in [0.25, 0.3) is 0 Å². The van der Waals surface area contributed by atoms with Crippen molar-refractivity contribution in [3.8, 4) is 23.0 Å². The molecule has 0 fully saturated rings. The molecule has 0 bridgehead atoms. The van der Waals surface area contributed by atoms with E-state index in [2.05, 4.69) is 0 Å². The van der Waals surface area contributed by atoms with Crippen molar-refractivity contribution < 1.29 is 47.6 Å². The number of ketones is 2. The van der Waals surface area contributed by atoms with Crippen LogP contribution in [0.15, 0.2) is 36.4 Å². The number of ether oxygens (including phenoxy) is 6. The van der Waals surface area contributed by atoms with Crippen molar-refractivity contribution in [3.05, 3.63) is 46.2 Å². The van der Waals surface area contributed by atoms with Gasteiger partial charge in [-0.25, -0.2) is 0 Å². The van der Waals surface area contributed by atoms with E-state index in [0.717, 1.165) is 20.2 Å². The topological polar surface area (TPSA) is 124 Å². The quantitative estimate of drug-likeness (QED) is 0.145. The van der Waals surface area contributed by atoms with Crippen LogP contribution in [0, 0.1) is 11.8 Å². The molecule has 0 unspecified atom stereocenters. The number of carbonyl (C=O) groups excluding carboxylic acids is 4. The summed E-state index contributed by atoms with van der Waals surface area (Å²) in [6, 6.07) is 11.1. The lowest BCUT2D eigenvalue weighted by Crippen LogP contribution is -2.16. The molecule has 10 nitrogen and oxygen atoms in total. The van der Waals surface area contributed by atoms with E-state index in [1.54, 1.807) is 13.8 Å². The van der Waals surface area contributed by atoms with Crippen LogP contribution in [0.4, 0.5) is 0 Å². The summed E-state index contributed by atoms with van der Waals surface area (Å²) in [5.41, 5.74) is 0. The molecule has 0 saturated carbocycles. The third-order valence-electron chi connectivity index (χ3n) is 7.51. The Hall–Kier alpha value is -4.16. The van der Waals surface area contributed by atoms with Crippen LogP contribution < -0.4 is 18.9 Å². The average molecular weight is 669 g/mol. The Morgan fingerprint density at radius 1 is 0.609 bits per heavy atom. The second-order valence-corrected chi connectivity index (χ2v) is 13.3. The molecule has 3 heterocycles. The summed E-state index contributed by atoms with van der Waals surface area (Å²) in [4.78, 5) is 50.4. The van der Waals surface area contributed by atoms with E-state index in [4.69, 9.17) is 28.4 Å². The summed E-state index contributed by atoms with van der Waals surface area (Å²) in [5.74, 6) is 0.194. The number of fused-ring (bicyclic) bond motifs is 4. The van der Waals surface area contributed by atoms with Gasteiger partial charge in [0.05, 0.1) is 62.2 Å². The molecule has 2 aromatic heterocycles. The van der Waals surface area contributed by atoms with Crippen LogP contribution >= 0.6 is 22.7 Å². The normalized spacial score (nSPS) is 15.0. The van der Waals surface area contributed by atoms with Gasteiger partial charge in [-0.3, -0.25) is 19.2 Å². The number of benzene rings is 2. The molecular formula is C34H36O10S2. The number of hydrogen-bond acceptors (Lipinski definition) is 12. The lowest BCUT2D eigenvalue weighted by Gasteiger charge is -2.16. The van der Waals surface area contributed by atoms with Gasteiger partial charge in [-0.1, -0.05) is 13.8 Å². The number of Topliss-reactive ketones (excluding diaryl/α,β-unsaturated/α-hetero) is 2. The SMILES string of the molecule is COC(=O)[C@@H](C)CC(=O)c1cc2cc3c(cc2s1)OCCCOc1cc2cc(C(=O)C[C@H](C)C(=O)OC)sc2cc1OCCCO3. The summed E-state index contributed by atoms with van der Waals surface area (Å²) >= 11 is 2.71. The highest BCUT2D eigenvalue weighted by Crippen LogP contribution is 2.39. The van der Waals surface area contributed by atoms with Crippen LogP contribution in [-0.2, 0) is 19.1 Å². The van der Waals surface area contributed by atoms with Crippen LogP contribution in [0.2, 0.25) is 0 Å². The highest BCUT2D eigenvalue weighted by Gasteiger charge is 2.22. The second kappa shape index (κ2) is 15.0. The van der Waals surface area contributed by atoms with Crippen LogP contribution in [0.25, 0.3) is 20.2 Å². The molecular weight excluding hydrogens is 632 g/mol. The first-order chi connectivity index (χ1) is 22.2. The molecule has 0 radical (unpaired) electrons. The van der Waals surface area contributed by atoms with Gasteiger partial charge in [0.15, 0.2) is 34.6 Å². The zero-order chi connectivity index (χ0) is 32.8. The van der Waals surface area contributed by atoms with Gasteiger partial charge >= 0.3 is 11.9 Å². The van der Waals surface area contributed by atoms with E-state index in [1.165, 1.54) is 36.9 Å². The summed E-state index contributed by atoms with van der Waals surface area (Å²) in [6.07, 6.45) is 1.30. The van der Waals surface area contributed by atoms with Gasteiger partial charge in [0.1, 0.15) is 0 Å². The number of carbonyl (C=O) groups is 4. The van der Waals surface area contributed by atoms with Crippen molar-refractivity contribution in [2.75, 3.05) is 40.6 Å². The molecule has 1 aliphatic heterocycles. The van der Waals surface area contributed by atoms with E-state index < -0.39 is 23.8 Å². The van der Waals surface area contributed by atoms with Crippen molar-refractivity contribution in [1.29, 1.82) is 0 Å². The Kier molecular flexibility index (Phi) is 10.8. The summed E-state index contributed by atoms with van der Waals surface area (Å²) < 4.78 is 35.7. The zero-order valence-electron chi connectivity index (χ0n) is 26.2. The molecule has 0 N–H and O–H groups in total. The lowest BCUT2D eigenvalue weighted by atomic mass is 10.0. The molecule has 244 valence electrons. The van der Waals surface area contributed by atoms with Crippen molar-refractivity contribution in [1.82, 2.24) is 0 Å². The Morgan fingerprint density at radius 3 is 1.30 bits per heavy atom. The third kappa shape index (κ3) is 7.79. The van der Waals surface area contributed by atoms with E-state index in [0.29, 0.717) is 72.0 Å². The fraction of sp³-hybridized carbons (Fsp3) is 0.412. The fourth-order valence-corrected chi connectivity index (χ4v) is 7.04. The minimum atomic E-state index is -0.523. The van der Waals surface area contributed by atoms with Crippen LogP contribution in [0.5, 0.6) is 23.0 Å². The van der Waals surface area contributed by atoms with Gasteiger partial charge in [0, 0.05) is 47.2 Å². The fourth-order valence-electron chi connectivity index (χ4n) is 4.99. The van der Waals surface area contributed by atoms with Crippen molar-refractivity contribution in [2.24, 2.45) is 11.8 Å². The molecule has 0 aliphatic carbocycles. The molecule has 12 heteroatoms. The molecule has 2 aromatic carbocycles. The zero-order valence-corrected chi connectivity index (χ0v) is 27.8. The first kappa shape index (κ1) is 33.2. The number of thiophene rings is 2. The second-order valence-electron chi connectivity index (χ2n) is 11.1. The highest BCUT2D eigenvalue weighted by molar-refractivity contribution is 7.21. The maximum atomic E-state index is 12.9. The Bertz CT molecular complexity index is 1540. The Labute approximate surface area is 274 Å². The third-order valence-corrected chi connectivity index (χ3v) is 9.79. The standard InChI is InChI=1S/C34H36O10S2/c1-19(33(37)39-3)11-23(35)31-15-21-13-25-27(17-29(21)45-31)43-9-6-8-42-26-14-22-16-32(24(36)12-20(2)34(38)40-4)46-30(22)18-28(26)44-10-5-7-41-25/h13-20H,5-12H2,1-4H3/t19-,20-/m0/s1. The van der Waals surface area contributed by atoms with E-state index in [-0.39, 0.29) is 24.4 Å². The van der Waals surface area contributed by atoms with Crippen molar-refractivity contribution in [3.63, 3.8) is 0 Å². The van der Waals surface area contributed by atoms with Crippen LogP contribution in [0.3, 0.4) is 0 Å². The van der Waals surface area contributed by atoms with Gasteiger partial charge in [0.2, 0.25) is 0 Å². The van der Waals surface area contributed by atoms with Crippen molar-refractivity contribution in [2.45, 2.75) is 39.5 Å². The number of rotatable bonds is 8. The molecule has 2 atom stereocenters. The molecule has 5 rings (SSSR count). The van der Waals surface area contributed by atoms with Gasteiger partial charge in [-0.15, -0.1) is 22.7 Å². The largest absolute Gasteiger partial charge is 0.490 e. The van der Waals surface area contributed by atoms with Gasteiger partial charge in [-0.2, -0.15) is 0 Å². The number of methoxy groups -OCH3 is 2. The first-order valence-corrected chi connectivity index (χ1v) is 16.7. The monoisotopic (exact) mass is 668 g/mol. The van der Waals surface area contributed by atoms with Crippen LogP contribution in [-0.4, -0.2) is 64.2 Å². The number of hydrogen-bond donors (Lipinski definition) is 0. The van der Waals surface area contributed by atoms with Gasteiger partial charge < -0.3 is 28.4 Å². The summed E-state index contributed by atoms with van der Waals surface area (Å²) in [7, 11) is 2.63. The summed E-state index contributed by atoms with van der Waals surface area (Å²) in [6.45, 7) is 4.81. The molecule has 0 spiro atoms. The maximum Gasteiger partial charge on any atom is 0.308 e. The average Bonchev–Trinajstić information content (AvgIpc) is 3.66. The summed E-state index contributed by atoms with van der Waals surface area (Å²) in [5, 5.41) is 1.71. The number of esters is 2. The van der Waals surface area contributed by atoms with Crippen molar-refractivity contribution >= 4 is 66.4 Å². The first-order valence-electron chi connectivity index (χ1n) is 15.0. The Morgan fingerprint density at radius 2 is 0.957 bits per heavy atom. The molecule has 0 amide bonds. The van der Waals surface area contributed by atoms with E-state index in [1.807, 2.05) is 36.4 Å². The molecule has 46 heavy (non-hydrogen) atoms. The predicted molar refractivity (Wildman–Crippen MR) is 175 cm³/mol. The molecule has 1 aliphatic rings. The highest BCUT2D eigenvalue weighted by atomic mass is 32.1. The lowest BCUT2D eigenvalue weighted by molar-refractivity contribution is -0.145. The molecule has 4 aromatic rings. The predicted octanol–water partition coefficient (Wildman–Crippen LogP) is 6.89. The van der Waals surface area contributed by atoms with E-state index in [9.17, 15) is 19.2 Å².